The fraction of sp³-hybridized carbons (Fsp3) is 0.400. The molecule has 2 aliphatic rings. The molecule has 0 aliphatic carbocycles. The Labute approximate surface area is 175 Å². The topological polar surface area (TPSA) is 79.4 Å². The van der Waals surface area contributed by atoms with Crippen LogP contribution in [0.25, 0.3) is 0 Å². The summed E-state index contributed by atoms with van der Waals surface area (Å²) in [6.45, 7) is -0.0257. The quantitative estimate of drug-likeness (QED) is 0.683. The van der Waals surface area contributed by atoms with Crippen molar-refractivity contribution in [2.45, 2.75) is 12.3 Å². The number of rotatable bonds is 6. The number of aromatic nitrogens is 1. The van der Waals surface area contributed by atoms with E-state index in [0.717, 1.165) is 0 Å². The largest absolute Gasteiger partial charge is 0.491 e. The number of carbonyl (C=O) groups excluding carboxylic acids is 1. The number of fused-ring (bicyclic) bond motifs is 1. The number of ether oxygens (including phenoxy) is 5. The number of morpholine rings is 1. The highest BCUT2D eigenvalue weighted by molar-refractivity contribution is 5.94. The second-order valence-electron chi connectivity index (χ2n) is 6.86. The molecule has 3 heterocycles. The number of pyridine rings is 1. The van der Waals surface area contributed by atoms with Crippen LogP contribution in [0.2, 0.25) is 0 Å². The maximum Gasteiger partial charge on any atom is 0.422 e. The molecular formula is C20H19F3N2O6. The molecule has 0 N–H and O–H groups in total. The van der Waals surface area contributed by atoms with Crippen molar-refractivity contribution in [3.8, 4) is 23.1 Å². The normalized spacial score (nSPS) is 18.0. The lowest BCUT2D eigenvalue weighted by molar-refractivity contribution is -0.154. The van der Waals surface area contributed by atoms with Crippen LogP contribution in [0.5, 0.6) is 23.1 Å². The van der Waals surface area contributed by atoms with E-state index in [4.69, 9.17) is 18.9 Å². The SMILES string of the molecule is O=C(c1ccc(OCC(F)(F)F)nc1)N1CCOC(COc2ccc3c(c2)OCO3)C1. The summed E-state index contributed by atoms with van der Waals surface area (Å²) >= 11 is 0. The Morgan fingerprint density at radius 2 is 2.00 bits per heavy atom. The number of alkyl halides is 3. The minimum atomic E-state index is -4.46. The molecule has 0 bridgehead atoms. The molecule has 166 valence electrons. The molecule has 1 fully saturated rings. The highest BCUT2D eigenvalue weighted by atomic mass is 19.4. The maximum atomic E-state index is 12.7. The zero-order chi connectivity index (χ0) is 21.8. The van der Waals surface area contributed by atoms with E-state index < -0.39 is 12.8 Å². The van der Waals surface area contributed by atoms with Crippen LogP contribution < -0.4 is 18.9 Å². The van der Waals surface area contributed by atoms with Crippen LogP contribution >= 0.6 is 0 Å². The van der Waals surface area contributed by atoms with Gasteiger partial charge in [-0.1, -0.05) is 0 Å². The Morgan fingerprint density at radius 3 is 2.77 bits per heavy atom. The van der Waals surface area contributed by atoms with E-state index >= 15 is 0 Å². The summed E-state index contributed by atoms with van der Waals surface area (Å²) in [5.41, 5.74) is 0.247. The van der Waals surface area contributed by atoms with E-state index in [2.05, 4.69) is 9.72 Å². The van der Waals surface area contributed by atoms with Crippen molar-refractivity contribution >= 4 is 5.91 Å². The van der Waals surface area contributed by atoms with Gasteiger partial charge in [0.2, 0.25) is 12.7 Å². The fourth-order valence-corrected chi connectivity index (χ4v) is 3.09. The van der Waals surface area contributed by atoms with Crippen molar-refractivity contribution in [1.82, 2.24) is 9.88 Å². The van der Waals surface area contributed by atoms with E-state index in [-0.39, 0.29) is 36.9 Å². The smallest absolute Gasteiger partial charge is 0.422 e. The zero-order valence-corrected chi connectivity index (χ0v) is 16.3. The summed E-state index contributed by atoms with van der Waals surface area (Å²) in [6.07, 6.45) is -3.60. The summed E-state index contributed by atoms with van der Waals surface area (Å²) in [5, 5.41) is 0. The number of hydrogen-bond donors (Lipinski definition) is 0. The van der Waals surface area contributed by atoms with Gasteiger partial charge in [-0.25, -0.2) is 4.98 Å². The number of benzene rings is 1. The molecule has 1 saturated heterocycles. The van der Waals surface area contributed by atoms with Gasteiger partial charge in [-0.2, -0.15) is 13.2 Å². The van der Waals surface area contributed by atoms with Gasteiger partial charge in [0.25, 0.3) is 5.91 Å². The Bertz CT molecular complexity index is 922. The summed E-state index contributed by atoms with van der Waals surface area (Å²) < 4.78 is 63.2. The van der Waals surface area contributed by atoms with Gasteiger partial charge < -0.3 is 28.6 Å². The third kappa shape index (κ3) is 5.48. The van der Waals surface area contributed by atoms with Crippen molar-refractivity contribution < 1.29 is 41.7 Å². The average molecular weight is 440 g/mol. The lowest BCUT2D eigenvalue weighted by Gasteiger charge is -2.32. The van der Waals surface area contributed by atoms with Gasteiger partial charge >= 0.3 is 6.18 Å². The fourth-order valence-electron chi connectivity index (χ4n) is 3.09. The van der Waals surface area contributed by atoms with Crippen LogP contribution in [0.15, 0.2) is 36.5 Å². The Morgan fingerprint density at radius 1 is 1.16 bits per heavy atom. The predicted octanol–water partition coefficient (Wildman–Crippen LogP) is 2.67. The van der Waals surface area contributed by atoms with Gasteiger partial charge in [0, 0.05) is 24.9 Å². The van der Waals surface area contributed by atoms with E-state index in [1.54, 1.807) is 23.1 Å². The molecule has 0 radical (unpaired) electrons. The van der Waals surface area contributed by atoms with Crippen LogP contribution in [0, 0.1) is 0 Å². The van der Waals surface area contributed by atoms with Gasteiger partial charge in [0.1, 0.15) is 18.5 Å². The lowest BCUT2D eigenvalue weighted by atomic mass is 10.2. The Balaban J connectivity index is 1.30. The van der Waals surface area contributed by atoms with Crippen molar-refractivity contribution in [2.75, 3.05) is 39.7 Å². The molecule has 11 heteroatoms. The second-order valence-corrected chi connectivity index (χ2v) is 6.86. The number of nitrogens with zero attached hydrogens (tertiary/aromatic N) is 2. The van der Waals surface area contributed by atoms with E-state index in [9.17, 15) is 18.0 Å². The molecule has 1 aromatic heterocycles. The summed E-state index contributed by atoms with van der Waals surface area (Å²) in [6, 6.07) is 7.86. The third-order valence-corrected chi connectivity index (χ3v) is 4.57. The summed E-state index contributed by atoms with van der Waals surface area (Å²) in [5.74, 6) is 1.35. The third-order valence-electron chi connectivity index (χ3n) is 4.57. The molecule has 0 spiro atoms. The molecular weight excluding hydrogens is 421 g/mol. The first kappa shape index (κ1) is 21.0. The Hall–Kier alpha value is -3.21. The highest BCUT2D eigenvalue weighted by Crippen LogP contribution is 2.35. The van der Waals surface area contributed by atoms with Gasteiger partial charge in [-0.05, 0) is 18.2 Å². The van der Waals surface area contributed by atoms with E-state index in [1.165, 1.54) is 18.3 Å². The van der Waals surface area contributed by atoms with Crippen LogP contribution in [-0.4, -0.2) is 67.8 Å². The molecule has 1 aromatic carbocycles. The number of amides is 1. The molecule has 2 aromatic rings. The standard InChI is InChI=1S/C20H19F3N2O6/c21-20(22,23)11-29-18-4-1-13(8-24-18)19(26)25-5-6-27-15(9-25)10-28-14-2-3-16-17(7-14)31-12-30-16/h1-4,7-8,15H,5-6,9-12H2. The second kappa shape index (κ2) is 8.88. The van der Waals surface area contributed by atoms with Crippen molar-refractivity contribution in [1.29, 1.82) is 0 Å². The van der Waals surface area contributed by atoms with Crippen molar-refractivity contribution in [2.24, 2.45) is 0 Å². The molecule has 1 unspecified atom stereocenters. The zero-order valence-electron chi connectivity index (χ0n) is 16.3. The van der Waals surface area contributed by atoms with Crippen molar-refractivity contribution in [3.05, 3.63) is 42.1 Å². The first-order chi connectivity index (χ1) is 14.9. The van der Waals surface area contributed by atoms with E-state index in [0.29, 0.717) is 36.9 Å². The summed E-state index contributed by atoms with van der Waals surface area (Å²) in [4.78, 5) is 18.1. The minimum Gasteiger partial charge on any atom is -0.491 e. The predicted molar refractivity (Wildman–Crippen MR) is 99.5 cm³/mol. The van der Waals surface area contributed by atoms with Gasteiger partial charge in [0.05, 0.1) is 18.7 Å². The summed E-state index contributed by atoms with van der Waals surface area (Å²) in [7, 11) is 0. The molecule has 31 heavy (non-hydrogen) atoms. The van der Waals surface area contributed by atoms with Crippen molar-refractivity contribution in [3.63, 3.8) is 0 Å². The van der Waals surface area contributed by atoms with Crippen LogP contribution in [0.4, 0.5) is 13.2 Å². The first-order valence-electron chi connectivity index (χ1n) is 9.46. The number of carbonyl (C=O) groups is 1. The van der Waals surface area contributed by atoms with Gasteiger partial charge in [-0.3, -0.25) is 4.79 Å². The van der Waals surface area contributed by atoms with Gasteiger partial charge in [0.15, 0.2) is 18.1 Å². The molecule has 8 nitrogen and oxygen atoms in total. The molecule has 0 saturated carbocycles. The van der Waals surface area contributed by atoms with Crippen LogP contribution in [0.1, 0.15) is 10.4 Å². The molecule has 2 aliphatic heterocycles. The first-order valence-corrected chi connectivity index (χ1v) is 9.46. The minimum absolute atomic E-state index is 0.173. The van der Waals surface area contributed by atoms with Crippen LogP contribution in [-0.2, 0) is 4.74 Å². The molecule has 1 amide bonds. The highest BCUT2D eigenvalue weighted by Gasteiger charge is 2.29. The average Bonchev–Trinajstić information content (AvgIpc) is 3.24. The Kier molecular flexibility index (Phi) is 6.03. The van der Waals surface area contributed by atoms with Crippen LogP contribution in [0.3, 0.4) is 0 Å². The molecule has 4 rings (SSSR count). The number of hydrogen-bond acceptors (Lipinski definition) is 7. The van der Waals surface area contributed by atoms with Gasteiger partial charge in [-0.15, -0.1) is 0 Å². The van der Waals surface area contributed by atoms with E-state index in [1.807, 2.05) is 0 Å². The molecule has 1 atom stereocenters. The maximum absolute atomic E-state index is 12.7. The monoisotopic (exact) mass is 440 g/mol. The number of halogens is 3. The lowest BCUT2D eigenvalue weighted by Crippen LogP contribution is -2.47.